The van der Waals surface area contributed by atoms with Gasteiger partial charge in [0.25, 0.3) is 0 Å². The number of β-amino-alcohol motifs (C(OH)–C–C–N with tert-alkyl or cyclic N) is 1. The molecular weight excluding hydrogens is 368 g/mol. The van der Waals surface area contributed by atoms with Crippen LogP contribution in [0.2, 0.25) is 0 Å². The van der Waals surface area contributed by atoms with Crippen molar-refractivity contribution in [2.45, 2.75) is 18.6 Å². The number of ether oxygens (including phenoxy) is 2. The number of rotatable bonds is 7. The number of anilines is 1. The Morgan fingerprint density at radius 2 is 1.83 bits per heavy atom. The minimum Gasteiger partial charge on any atom is -0.490 e. The van der Waals surface area contributed by atoms with E-state index in [1.165, 1.54) is 0 Å². The standard InChI is InChI=1S/C22H26N4O3/c1-22(28-2)13-26(14-22)11-16(27)12-29-20-8-7-17(15-9-24-21(23)25-10-15)18-5-3-4-6-19(18)20/h3-10,16,27H,11-14H2,1-2H3,(H2,23,24,25). The normalized spacial score (nSPS) is 17.1. The minimum absolute atomic E-state index is 0.0988. The maximum absolute atomic E-state index is 10.4. The molecule has 0 aliphatic carbocycles. The van der Waals surface area contributed by atoms with E-state index in [0.717, 1.165) is 40.7 Å². The van der Waals surface area contributed by atoms with Crippen LogP contribution < -0.4 is 10.5 Å². The molecule has 7 heteroatoms. The molecule has 152 valence electrons. The first kappa shape index (κ1) is 19.6. The average molecular weight is 394 g/mol. The molecule has 1 unspecified atom stereocenters. The fourth-order valence-corrected chi connectivity index (χ4v) is 3.82. The first-order valence-corrected chi connectivity index (χ1v) is 9.65. The van der Waals surface area contributed by atoms with Gasteiger partial charge in [0.2, 0.25) is 5.95 Å². The van der Waals surface area contributed by atoms with Crippen LogP contribution in [0.4, 0.5) is 5.95 Å². The Morgan fingerprint density at radius 1 is 1.14 bits per heavy atom. The van der Waals surface area contributed by atoms with Crippen LogP contribution in [0.15, 0.2) is 48.8 Å². The molecule has 0 spiro atoms. The molecule has 29 heavy (non-hydrogen) atoms. The monoisotopic (exact) mass is 394 g/mol. The summed E-state index contributed by atoms with van der Waals surface area (Å²) in [6, 6.07) is 11.9. The number of hydrogen-bond donors (Lipinski definition) is 2. The topological polar surface area (TPSA) is 93.7 Å². The lowest BCUT2D eigenvalue weighted by Gasteiger charge is -2.47. The van der Waals surface area contributed by atoms with Crippen molar-refractivity contribution in [1.82, 2.24) is 14.9 Å². The van der Waals surface area contributed by atoms with Gasteiger partial charge >= 0.3 is 0 Å². The summed E-state index contributed by atoms with van der Waals surface area (Å²) >= 11 is 0. The fraction of sp³-hybridized carbons (Fsp3) is 0.364. The van der Waals surface area contributed by atoms with Gasteiger partial charge in [0.05, 0.1) is 5.60 Å². The van der Waals surface area contributed by atoms with E-state index in [1.807, 2.05) is 36.4 Å². The van der Waals surface area contributed by atoms with Gasteiger partial charge in [0.15, 0.2) is 0 Å². The van der Waals surface area contributed by atoms with Crippen LogP contribution in [0.3, 0.4) is 0 Å². The lowest BCUT2D eigenvalue weighted by molar-refractivity contribution is -0.121. The summed E-state index contributed by atoms with van der Waals surface area (Å²) in [5, 5.41) is 12.4. The number of fused-ring (bicyclic) bond motifs is 1. The van der Waals surface area contributed by atoms with Crippen molar-refractivity contribution >= 4 is 16.7 Å². The van der Waals surface area contributed by atoms with Gasteiger partial charge in [-0.15, -0.1) is 0 Å². The predicted octanol–water partition coefficient (Wildman–Crippen LogP) is 2.34. The zero-order chi connectivity index (χ0) is 20.4. The maximum Gasteiger partial charge on any atom is 0.219 e. The van der Waals surface area contributed by atoms with Crippen molar-refractivity contribution in [2.75, 3.05) is 39.1 Å². The molecule has 1 saturated heterocycles. The summed E-state index contributed by atoms with van der Waals surface area (Å²) in [7, 11) is 1.72. The Kier molecular flexibility index (Phi) is 5.36. The molecule has 1 atom stereocenters. The summed E-state index contributed by atoms with van der Waals surface area (Å²) in [5.74, 6) is 0.991. The number of likely N-dealkylation sites (tertiary alicyclic amines) is 1. The number of nitrogen functional groups attached to an aromatic ring is 1. The predicted molar refractivity (Wildman–Crippen MR) is 113 cm³/mol. The summed E-state index contributed by atoms with van der Waals surface area (Å²) in [5.41, 5.74) is 7.40. The van der Waals surface area contributed by atoms with Gasteiger partial charge in [-0.05, 0) is 30.0 Å². The van der Waals surface area contributed by atoms with Crippen LogP contribution in [0, 0.1) is 0 Å². The van der Waals surface area contributed by atoms with E-state index in [9.17, 15) is 5.11 Å². The molecule has 0 amide bonds. The summed E-state index contributed by atoms with van der Waals surface area (Å²) in [4.78, 5) is 10.3. The lowest BCUT2D eigenvalue weighted by Crippen LogP contribution is -2.62. The number of nitrogens with two attached hydrogens (primary N) is 1. The van der Waals surface area contributed by atoms with E-state index < -0.39 is 6.10 Å². The number of methoxy groups -OCH3 is 1. The van der Waals surface area contributed by atoms with E-state index in [4.69, 9.17) is 15.2 Å². The lowest BCUT2D eigenvalue weighted by atomic mass is 9.96. The average Bonchev–Trinajstić information content (AvgIpc) is 2.71. The molecule has 4 rings (SSSR count). The molecule has 0 bridgehead atoms. The molecule has 3 N–H and O–H groups in total. The third kappa shape index (κ3) is 4.17. The van der Waals surface area contributed by atoms with Crippen LogP contribution in [-0.2, 0) is 4.74 Å². The second-order valence-corrected chi connectivity index (χ2v) is 7.78. The zero-order valence-electron chi connectivity index (χ0n) is 16.7. The Balaban J connectivity index is 1.47. The van der Waals surface area contributed by atoms with Gasteiger partial charge in [-0.3, -0.25) is 4.90 Å². The number of benzene rings is 2. The number of aromatic nitrogens is 2. The number of nitrogens with zero attached hydrogens (tertiary/aromatic N) is 3. The first-order chi connectivity index (χ1) is 14.0. The second kappa shape index (κ2) is 7.94. The smallest absolute Gasteiger partial charge is 0.219 e. The second-order valence-electron chi connectivity index (χ2n) is 7.78. The molecule has 2 heterocycles. The van der Waals surface area contributed by atoms with Crippen molar-refractivity contribution in [1.29, 1.82) is 0 Å². The quantitative estimate of drug-likeness (QED) is 0.635. The van der Waals surface area contributed by atoms with Gasteiger partial charge in [-0.1, -0.05) is 24.3 Å². The number of aliphatic hydroxyl groups is 1. The Bertz CT molecular complexity index is 987. The van der Waals surface area contributed by atoms with E-state index in [2.05, 4.69) is 21.8 Å². The Labute approximate surface area is 170 Å². The van der Waals surface area contributed by atoms with Crippen LogP contribution in [0.5, 0.6) is 5.75 Å². The highest BCUT2D eigenvalue weighted by molar-refractivity contribution is 5.99. The van der Waals surface area contributed by atoms with E-state index in [1.54, 1.807) is 19.5 Å². The largest absolute Gasteiger partial charge is 0.490 e. The molecule has 1 aliphatic heterocycles. The van der Waals surface area contributed by atoms with Crippen LogP contribution >= 0.6 is 0 Å². The highest BCUT2D eigenvalue weighted by atomic mass is 16.5. The minimum atomic E-state index is -0.569. The van der Waals surface area contributed by atoms with Gasteiger partial charge in [0.1, 0.15) is 18.5 Å². The first-order valence-electron chi connectivity index (χ1n) is 9.65. The molecule has 1 aliphatic rings. The SMILES string of the molecule is COC1(C)CN(CC(O)COc2ccc(-c3cnc(N)nc3)c3ccccc23)C1. The summed E-state index contributed by atoms with van der Waals surface area (Å²) < 4.78 is 11.4. The molecule has 0 radical (unpaired) electrons. The van der Waals surface area contributed by atoms with Gasteiger partial charge < -0.3 is 20.3 Å². The molecule has 7 nitrogen and oxygen atoms in total. The van der Waals surface area contributed by atoms with Crippen molar-refractivity contribution in [3.8, 4) is 16.9 Å². The molecule has 3 aromatic rings. The van der Waals surface area contributed by atoms with Crippen LogP contribution in [-0.4, -0.2) is 65.0 Å². The van der Waals surface area contributed by atoms with Gasteiger partial charge in [0, 0.05) is 50.1 Å². The van der Waals surface area contributed by atoms with Crippen LogP contribution in [0.1, 0.15) is 6.92 Å². The van der Waals surface area contributed by atoms with Gasteiger partial charge in [-0.25, -0.2) is 9.97 Å². The number of hydrogen-bond acceptors (Lipinski definition) is 7. The molecular formula is C22H26N4O3. The summed E-state index contributed by atoms with van der Waals surface area (Å²) in [6.07, 6.45) is 2.87. The zero-order valence-corrected chi connectivity index (χ0v) is 16.7. The highest BCUT2D eigenvalue weighted by Gasteiger charge is 2.39. The third-order valence-corrected chi connectivity index (χ3v) is 5.38. The molecule has 1 aromatic heterocycles. The maximum atomic E-state index is 10.4. The fourth-order valence-electron chi connectivity index (χ4n) is 3.82. The van der Waals surface area contributed by atoms with E-state index in [-0.39, 0.29) is 18.2 Å². The summed E-state index contributed by atoms with van der Waals surface area (Å²) in [6.45, 7) is 4.52. The molecule has 0 saturated carbocycles. The van der Waals surface area contributed by atoms with Gasteiger partial charge in [-0.2, -0.15) is 0 Å². The van der Waals surface area contributed by atoms with Crippen molar-refractivity contribution in [3.63, 3.8) is 0 Å². The van der Waals surface area contributed by atoms with Crippen LogP contribution in [0.25, 0.3) is 21.9 Å². The Hall–Kier alpha value is -2.74. The van der Waals surface area contributed by atoms with E-state index in [0.29, 0.717) is 6.54 Å². The highest BCUT2D eigenvalue weighted by Crippen LogP contribution is 2.34. The molecule has 1 fully saturated rings. The number of aliphatic hydroxyl groups excluding tert-OH is 1. The van der Waals surface area contributed by atoms with Crippen molar-refractivity contribution < 1.29 is 14.6 Å². The molecule has 2 aromatic carbocycles. The third-order valence-electron chi connectivity index (χ3n) is 5.38. The van der Waals surface area contributed by atoms with Crippen molar-refractivity contribution in [2.24, 2.45) is 0 Å². The van der Waals surface area contributed by atoms with Crippen molar-refractivity contribution in [3.05, 3.63) is 48.8 Å². The Morgan fingerprint density at radius 3 is 2.52 bits per heavy atom. The van der Waals surface area contributed by atoms with E-state index >= 15 is 0 Å².